The van der Waals surface area contributed by atoms with E-state index in [1.165, 1.54) is 14.2 Å². The number of hydrogen-bond donors (Lipinski definition) is 0. The Hall–Kier alpha value is -1.58. The van der Waals surface area contributed by atoms with Crippen molar-refractivity contribution in [2.24, 2.45) is 46.3 Å². The van der Waals surface area contributed by atoms with Crippen molar-refractivity contribution in [2.45, 2.75) is 13.8 Å². The Morgan fingerprint density at radius 1 is 0.727 bits per heavy atom. The molecule has 4 nitrogen and oxygen atoms in total. The van der Waals surface area contributed by atoms with Gasteiger partial charge in [0.15, 0.2) is 0 Å². The number of allylic oxidation sites excluding steroid dienone is 4. The summed E-state index contributed by atoms with van der Waals surface area (Å²) in [5.41, 5.74) is -1.03. The van der Waals surface area contributed by atoms with E-state index in [0.717, 1.165) is 0 Å². The van der Waals surface area contributed by atoms with Crippen molar-refractivity contribution in [1.82, 2.24) is 0 Å². The molecule has 118 valence electrons. The Kier molecular flexibility index (Phi) is 2.57. The second-order valence-electron chi connectivity index (χ2n) is 7.58. The average molecular weight is 302 g/mol. The number of carbonyl (C=O) groups excluding carboxylic acids is 2. The minimum atomic E-state index is -0.516. The Labute approximate surface area is 130 Å². The molecule has 4 aliphatic carbocycles. The largest absolute Gasteiger partial charge is 0.469 e. The van der Waals surface area contributed by atoms with Crippen LogP contribution in [0.15, 0.2) is 24.3 Å². The zero-order valence-corrected chi connectivity index (χ0v) is 13.4. The van der Waals surface area contributed by atoms with Crippen LogP contribution in [0.4, 0.5) is 0 Å². The first-order chi connectivity index (χ1) is 10.4. The van der Waals surface area contributed by atoms with Crippen molar-refractivity contribution in [3.05, 3.63) is 24.3 Å². The van der Waals surface area contributed by atoms with Gasteiger partial charge in [0, 0.05) is 0 Å². The third-order valence-electron chi connectivity index (χ3n) is 7.17. The molecule has 0 amide bonds. The standard InChI is InChI=1S/C18H22O4/c1-17(15(19)21-3)9-5-7-11-13(9)14-10(17)6-8-12(14)18(11,2)16(20)22-4/h5-14H,1-4H3/t9-,10+,11+,12-,13?,14?,17?,18?. The van der Waals surface area contributed by atoms with E-state index in [2.05, 4.69) is 24.3 Å². The second kappa shape index (κ2) is 4.03. The quantitative estimate of drug-likeness (QED) is 0.580. The summed E-state index contributed by atoms with van der Waals surface area (Å²) >= 11 is 0. The number of esters is 2. The predicted molar refractivity (Wildman–Crippen MR) is 79.5 cm³/mol. The molecule has 0 spiro atoms. The van der Waals surface area contributed by atoms with E-state index in [1.807, 2.05) is 13.8 Å². The first-order valence-electron chi connectivity index (χ1n) is 7.95. The predicted octanol–water partition coefficient (Wildman–Crippen LogP) is 2.21. The SMILES string of the molecule is COC(=O)C1(C)[C@@H]2C=C[C@H]3C2C2[C@@H](C=C[C@@H]21)C3(C)C(=O)OC. The minimum absolute atomic E-state index is 0.132. The number of hydrogen-bond acceptors (Lipinski definition) is 4. The van der Waals surface area contributed by atoms with E-state index in [0.29, 0.717) is 11.8 Å². The zero-order valence-electron chi connectivity index (χ0n) is 13.4. The van der Waals surface area contributed by atoms with Crippen molar-refractivity contribution in [3.8, 4) is 0 Å². The fraction of sp³-hybridized carbons (Fsp3) is 0.667. The molecule has 0 saturated heterocycles. The van der Waals surface area contributed by atoms with Crippen LogP contribution in [0.5, 0.6) is 0 Å². The van der Waals surface area contributed by atoms with E-state index in [1.54, 1.807) is 0 Å². The molecule has 8 atom stereocenters. The van der Waals surface area contributed by atoms with Crippen LogP contribution in [0.1, 0.15) is 13.8 Å². The number of carbonyl (C=O) groups is 2. The van der Waals surface area contributed by atoms with Gasteiger partial charge in [-0.25, -0.2) is 0 Å². The van der Waals surface area contributed by atoms with Gasteiger partial charge in [-0.3, -0.25) is 9.59 Å². The highest BCUT2D eigenvalue weighted by molar-refractivity contribution is 5.82. The van der Waals surface area contributed by atoms with Crippen molar-refractivity contribution in [2.75, 3.05) is 14.2 Å². The summed E-state index contributed by atoms with van der Waals surface area (Å²) < 4.78 is 10.3. The molecular formula is C18H22O4. The Balaban J connectivity index is 1.84. The molecule has 0 heterocycles. The third kappa shape index (κ3) is 1.19. The Bertz CT molecular complexity index is 535. The van der Waals surface area contributed by atoms with Crippen LogP contribution in [-0.4, -0.2) is 26.2 Å². The van der Waals surface area contributed by atoms with Gasteiger partial charge in [-0.05, 0) is 49.4 Å². The molecule has 0 N–H and O–H groups in total. The molecule has 4 heteroatoms. The summed E-state index contributed by atoms with van der Waals surface area (Å²) in [6.07, 6.45) is 8.59. The van der Waals surface area contributed by atoms with Gasteiger partial charge in [0.25, 0.3) is 0 Å². The molecule has 0 aromatic carbocycles. The Morgan fingerprint density at radius 3 is 1.23 bits per heavy atom. The highest BCUT2D eigenvalue weighted by Crippen LogP contribution is 2.74. The van der Waals surface area contributed by atoms with E-state index >= 15 is 0 Å². The van der Waals surface area contributed by atoms with Gasteiger partial charge in [-0.2, -0.15) is 0 Å². The summed E-state index contributed by atoms with van der Waals surface area (Å²) in [6.45, 7) is 4.06. The van der Waals surface area contributed by atoms with Gasteiger partial charge in [-0.1, -0.05) is 24.3 Å². The van der Waals surface area contributed by atoms with Gasteiger partial charge in [0.05, 0.1) is 25.0 Å². The maximum atomic E-state index is 12.5. The van der Waals surface area contributed by atoms with Crippen LogP contribution in [0.25, 0.3) is 0 Å². The molecule has 4 unspecified atom stereocenters. The molecule has 0 bridgehead atoms. The summed E-state index contributed by atoms with van der Waals surface area (Å²) in [5, 5.41) is 0. The highest BCUT2D eigenvalue weighted by Gasteiger charge is 2.75. The topological polar surface area (TPSA) is 52.6 Å². The smallest absolute Gasteiger partial charge is 0.312 e. The van der Waals surface area contributed by atoms with Gasteiger partial charge in [-0.15, -0.1) is 0 Å². The lowest BCUT2D eigenvalue weighted by atomic mass is 9.68. The molecule has 0 aliphatic heterocycles. The van der Waals surface area contributed by atoms with Crippen molar-refractivity contribution < 1.29 is 19.1 Å². The molecule has 0 radical (unpaired) electrons. The lowest BCUT2D eigenvalue weighted by Crippen LogP contribution is -2.42. The van der Waals surface area contributed by atoms with E-state index in [-0.39, 0.29) is 35.6 Å². The summed E-state index contributed by atoms with van der Waals surface area (Å²) in [6, 6.07) is 0. The molecule has 4 rings (SSSR count). The zero-order chi connectivity index (χ0) is 15.9. The molecular weight excluding hydrogens is 280 g/mol. The van der Waals surface area contributed by atoms with Crippen LogP contribution >= 0.6 is 0 Å². The Morgan fingerprint density at radius 2 is 1.00 bits per heavy atom. The van der Waals surface area contributed by atoms with Gasteiger partial charge in [0.2, 0.25) is 0 Å². The number of methoxy groups -OCH3 is 2. The summed E-state index contributed by atoms with van der Waals surface area (Å²) in [5.74, 6) is 1.01. The normalized spacial score (nSPS) is 52.9. The van der Waals surface area contributed by atoms with Crippen LogP contribution in [0.2, 0.25) is 0 Å². The third-order valence-corrected chi connectivity index (χ3v) is 7.17. The van der Waals surface area contributed by atoms with E-state index in [9.17, 15) is 9.59 Å². The summed E-state index contributed by atoms with van der Waals surface area (Å²) in [7, 11) is 2.93. The lowest BCUT2D eigenvalue weighted by Gasteiger charge is -2.35. The van der Waals surface area contributed by atoms with E-state index < -0.39 is 10.8 Å². The molecule has 22 heavy (non-hydrogen) atoms. The van der Waals surface area contributed by atoms with E-state index in [4.69, 9.17) is 9.47 Å². The lowest BCUT2D eigenvalue weighted by molar-refractivity contribution is -0.157. The summed E-state index contributed by atoms with van der Waals surface area (Å²) in [4.78, 5) is 25.0. The first-order valence-corrected chi connectivity index (χ1v) is 7.95. The van der Waals surface area contributed by atoms with Gasteiger partial charge in [0.1, 0.15) is 0 Å². The molecule has 4 aliphatic rings. The molecule has 2 saturated carbocycles. The van der Waals surface area contributed by atoms with Crippen molar-refractivity contribution >= 4 is 11.9 Å². The fourth-order valence-electron chi connectivity index (χ4n) is 6.22. The van der Waals surface area contributed by atoms with Crippen LogP contribution in [0.3, 0.4) is 0 Å². The molecule has 2 fully saturated rings. The first kappa shape index (κ1) is 14.0. The van der Waals surface area contributed by atoms with Crippen molar-refractivity contribution in [1.29, 1.82) is 0 Å². The number of ether oxygens (including phenoxy) is 2. The second-order valence-corrected chi connectivity index (χ2v) is 7.58. The van der Waals surface area contributed by atoms with Gasteiger partial charge < -0.3 is 9.47 Å². The maximum Gasteiger partial charge on any atom is 0.312 e. The monoisotopic (exact) mass is 302 g/mol. The molecule has 0 aromatic heterocycles. The van der Waals surface area contributed by atoms with Crippen LogP contribution in [0, 0.1) is 46.3 Å². The number of rotatable bonds is 2. The van der Waals surface area contributed by atoms with Crippen LogP contribution < -0.4 is 0 Å². The minimum Gasteiger partial charge on any atom is -0.469 e. The maximum absolute atomic E-state index is 12.5. The van der Waals surface area contributed by atoms with Crippen molar-refractivity contribution in [3.63, 3.8) is 0 Å². The van der Waals surface area contributed by atoms with Gasteiger partial charge >= 0.3 is 11.9 Å². The fourth-order valence-corrected chi connectivity index (χ4v) is 6.22. The highest BCUT2D eigenvalue weighted by atomic mass is 16.5. The molecule has 0 aromatic rings. The average Bonchev–Trinajstić information content (AvgIpc) is 3.22. The van der Waals surface area contributed by atoms with Crippen LogP contribution in [-0.2, 0) is 19.1 Å².